The van der Waals surface area contributed by atoms with Gasteiger partial charge >= 0.3 is 0 Å². The van der Waals surface area contributed by atoms with E-state index in [2.05, 4.69) is 10.3 Å². The van der Waals surface area contributed by atoms with Gasteiger partial charge in [-0.2, -0.15) is 0 Å². The molecule has 4 aromatic rings. The number of hydrogen-bond donors (Lipinski definition) is 1. The lowest BCUT2D eigenvalue weighted by atomic mass is 10.1. The van der Waals surface area contributed by atoms with E-state index < -0.39 is 10.2 Å². The second kappa shape index (κ2) is 7.81. The highest BCUT2D eigenvalue weighted by Crippen LogP contribution is 2.27. The summed E-state index contributed by atoms with van der Waals surface area (Å²) in [5.74, 6) is -0.509. The zero-order valence-electron chi connectivity index (χ0n) is 16.0. The van der Waals surface area contributed by atoms with Gasteiger partial charge in [0.1, 0.15) is 12.1 Å². The minimum absolute atomic E-state index is 0.204. The maximum Gasteiger partial charge on any atom is 0.287 e. The van der Waals surface area contributed by atoms with Crippen LogP contribution in [0.4, 0.5) is 4.39 Å². The average molecular weight is 423 g/mol. The Morgan fingerprint density at radius 3 is 2.47 bits per heavy atom. The van der Waals surface area contributed by atoms with Crippen molar-refractivity contribution in [2.75, 3.05) is 6.26 Å². The SMILES string of the molecule is C[S+](=O)([O-])c1ccc(-c2nc(C(=O)NCc3ccc(F)cc3)n3ccccc23)cc1. The molecule has 0 saturated carbocycles. The van der Waals surface area contributed by atoms with Crippen LogP contribution in [0.3, 0.4) is 0 Å². The van der Waals surface area contributed by atoms with Gasteiger partial charge in [0.25, 0.3) is 5.91 Å². The number of amides is 1. The number of benzene rings is 2. The van der Waals surface area contributed by atoms with Crippen molar-refractivity contribution in [1.82, 2.24) is 14.7 Å². The highest BCUT2D eigenvalue weighted by atomic mass is 32.3. The highest BCUT2D eigenvalue weighted by molar-refractivity contribution is 7.97. The van der Waals surface area contributed by atoms with Crippen molar-refractivity contribution in [3.05, 3.63) is 90.1 Å². The van der Waals surface area contributed by atoms with E-state index in [-0.39, 0.29) is 29.0 Å². The van der Waals surface area contributed by atoms with Crippen molar-refractivity contribution in [2.45, 2.75) is 11.4 Å². The monoisotopic (exact) mass is 423 g/mol. The molecule has 2 aromatic heterocycles. The number of aromatic nitrogens is 2. The first kappa shape index (κ1) is 19.9. The average Bonchev–Trinajstić information content (AvgIpc) is 3.12. The van der Waals surface area contributed by atoms with Gasteiger partial charge in [-0.25, -0.2) is 9.37 Å². The Morgan fingerprint density at radius 1 is 1.10 bits per heavy atom. The van der Waals surface area contributed by atoms with Gasteiger partial charge in [0, 0.05) is 18.3 Å². The Balaban J connectivity index is 1.66. The maximum atomic E-state index is 13.0. The molecule has 0 fully saturated rings. The van der Waals surface area contributed by atoms with E-state index in [0.717, 1.165) is 17.3 Å². The van der Waals surface area contributed by atoms with Crippen LogP contribution in [-0.4, -0.2) is 26.1 Å². The predicted molar refractivity (Wildman–Crippen MR) is 111 cm³/mol. The van der Waals surface area contributed by atoms with Gasteiger partial charge in [-0.3, -0.25) is 9.20 Å². The van der Waals surface area contributed by atoms with Crippen molar-refractivity contribution >= 4 is 21.6 Å². The van der Waals surface area contributed by atoms with Crippen LogP contribution in [0.2, 0.25) is 0 Å². The molecule has 0 aliphatic heterocycles. The van der Waals surface area contributed by atoms with Crippen LogP contribution in [0.15, 0.2) is 77.8 Å². The normalized spacial score (nSPS) is 13.2. The minimum atomic E-state index is -3.30. The standard InChI is InChI=1S/C22H18FN3O3S/c1-30(28,29)18-11-7-16(8-12-18)20-19-4-2-3-13-26(19)21(25-20)22(27)24-14-15-5-9-17(23)10-6-15/h2-13H,14H2,1H3,(H-,24,27,28,29). The first-order valence-electron chi connectivity index (χ1n) is 9.13. The summed E-state index contributed by atoms with van der Waals surface area (Å²) in [5, 5.41) is 2.80. The van der Waals surface area contributed by atoms with Gasteiger partial charge in [-0.1, -0.05) is 18.2 Å². The maximum absolute atomic E-state index is 13.0. The molecule has 6 nitrogen and oxygen atoms in total. The molecule has 4 rings (SSSR count). The molecular formula is C22H18FN3O3S. The summed E-state index contributed by atoms with van der Waals surface area (Å²) in [6.07, 6.45) is 2.89. The van der Waals surface area contributed by atoms with Gasteiger partial charge in [0.05, 0.1) is 21.4 Å². The zero-order chi connectivity index (χ0) is 21.3. The van der Waals surface area contributed by atoms with Gasteiger partial charge < -0.3 is 9.87 Å². The van der Waals surface area contributed by atoms with Gasteiger partial charge in [-0.15, -0.1) is 4.21 Å². The molecule has 2 aromatic carbocycles. The molecule has 1 unspecified atom stereocenters. The number of hydrogen-bond acceptors (Lipinski definition) is 4. The van der Waals surface area contributed by atoms with Gasteiger partial charge in [-0.05, 0) is 54.1 Å². The largest absolute Gasteiger partial charge is 0.610 e. The molecular weight excluding hydrogens is 405 g/mol. The fourth-order valence-corrected chi connectivity index (χ4v) is 3.76. The first-order valence-corrected chi connectivity index (χ1v) is 11.0. The summed E-state index contributed by atoms with van der Waals surface area (Å²) in [6, 6.07) is 17.7. The molecule has 0 saturated heterocycles. The highest BCUT2D eigenvalue weighted by Gasteiger charge is 2.19. The Morgan fingerprint density at radius 2 is 1.80 bits per heavy atom. The zero-order valence-corrected chi connectivity index (χ0v) is 16.9. The van der Waals surface area contributed by atoms with E-state index in [1.807, 2.05) is 12.1 Å². The lowest BCUT2D eigenvalue weighted by Crippen LogP contribution is -2.25. The smallest absolute Gasteiger partial charge is 0.287 e. The summed E-state index contributed by atoms with van der Waals surface area (Å²) in [7, 11) is -3.30. The van der Waals surface area contributed by atoms with E-state index in [1.165, 1.54) is 24.3 Å². The van der Waals surface area contributed by atoms with Crippen LogP contribution in [0.5, 0.6) is 0 Å². The molecule has 30 heavy (non-hydrogen) atoms. The predicted octanol–water partition coefficient (Wildman–Crippen LogP) is 3.69. The number of halogens is 1. The summed E-state index contributed by atoms with van der Waals surface area (Å²) < 4.78 is 38.1. The third-order valence-corrected chi connectivity index (χ3v) is 5.80. The van der Waals surface area contributed by atoms with Gasteiger partial charge in [0.15, 0.2) is 4.90 Å². The second-order valence-electron chi connectivity index (χ2n) is 6.85. The van der Waals surface area contributed by atoms with Crippen molar-refractivity contribution in [2.24, 2.45) is 0 Å². The number of pyridine rings is 1. The van der Waals surface area contributed by atoms with E-state index in [1.54, 1.807) is 40.9 Å². The lowest BCUT2D eigenvalue weighted by molar-refractivity contribution is 0.0940. The number of rotatable bonds is 5. The number of sulfone groups is 1. The van der Waals surface area contributed by atoms with Crippen LogP contribution < -0.4 is 5.32 Å². The van der Waals surface area contributed by atoms with Crippen molar-refractivity contribution in [1.29, 1.82) is 0 Å². The fraction of sp³-hybridized carbons (Fsp3) is 0.0909. The van der Waals surface area contributed by atoms with Crippen LogP contribution in [0, 0.1) is 5.82 Å². The van der Waals surface area contributed by atoms with E-state index in [4.69, 9.17) is 0 Å². The molecule has 8 heteroatoms. The van der Waals surface area contributed by atoms with E-state index in [0.29, 0.717) is 11.3 Å². The van der Waals surface area contributed by atoms with E-state index >= 15 is 0 Å². The first-order chi connectivity index (χ1) is 14.3. The Bertz CT molecular complexity index is 1260. The molecule has 0 bridgehead atoms. The molecule has 2 heterocycles. The van der Waals surface area contributed by atoms with Crippen LogP contribution in [0.25, 0.3) is 16.8 Å². The Kier molecular flexibility index (Phi) is 5.19. The molecule has 0 aliphatic carbocycles. The molecule has 0 aliphatic rings. The number of imidazole rings is 1. The van der Waals surface area contributed by atoms with Gasteiger partial charge in [0.2, 0.25) is 5.82 Å². The molecule has 1 atom stereocenters. The lowest BCUT2D eigenvalue weighted by Gasteiger charge is -2.08. The van der Waals surface area contributed by atoms with E-state index in [9.17, 15) is 17.9 Å². The third kappa shape index (κ3) is 4.00. The van der Waals surface area contributed by atoms with Crippen molar-refractivity contribution < 1.29 is 17.9 Å². The molecule has 1 amide bonds. The molecule has 0 radical (unpaired) electrons. The Hall–Kier alpha value is -3.36. The van der Waals surface area contributed by atoms with Crippen LogP contribution >= 0.6 is 0 Å². The molecule has 152 valence electrons. The number of nitrogens with one attached hydrogen (secondary N) is 1. The van der Waals surface area contributed by atoms with Crippen molar-refractivity contribution in [3.63, 3.8) is 0 Å². The fourth-order valence-electron chi connectivity index (χ4n) is 3.13. The topological polar surface area (TPSA) is 86.5 Å². The number of nitrogens with zero attached hydrogens (tertiary/aromatic N) is 2. The number of carbonyl (C=O) groups excluding carboxylic acids is 1. The molecule has 0 spiro atoms. The summed E-state index contributed by atoms with van der Waals surface area (Å²) in [4.78, 5) is 17.5. The Labute approximate surface area is 173 Å². The van der Waals surface area contributed by atoms with Crippen LogP contribution in [-0.2, 0) is 21.0 Å². The minimum Gasteiger partial charge on any atom is -0.610 e. The summed E-state index contributed by atoms with van der Waals surface area (Å²) in [5.41, 5.74) is 2.75. The quantitative estimate of drug-likeness (QED) is 0.496. The number of carbonyl (C=O) groups is 1. The second-order valence-corrected chi connectivity index (χ2v) is 8.86. The summed E-state index contributed by atoms with van der Waals surface area (Å²) >= 11 is 0. The third-order valence-electron chi connectivity index (χ3n) is 4.67. The number of fused-ring (bicyclic) bond motifs is 1. The molecule has 1 N–H and O–H groups in total. The summed E-state index contributed by atoms with van der Waals surface area (Å²) in [6.45, 7) is 0.235. The van der Waals surface area contributed by atoms with Crippen molar-refractivity contribution in [3.8, 4) is 11.3 Å². The van der Waals surface area contributed by atoms with Crippen LogP contribution in [0.1, 0.15) is 16.2 Å².